The van der Waals surface area contributed by atoms with Gasteiger partial charge >= 0.3 is 6.18 Å². The summed E-state index contributed by atoms with van der Waals surface area (Å²) in [7, 11) is 0. The lowest BCUT2D eigenvalue weighted by molar-refractivity contribution is -0.138. The number of fused-ring (bicyclic) bond motifs is 1. The third kappa shape index (κ3) is 3.68. The topological polar surface area (TPSA) is 32.3 Å². The molecule has 2 atom stereocenters. The van der Waals surface area contributed by atoms with E-state index in [0.29, 0.717) is 24.9 Å². The Morgan fingerprint density at radius 3 is 2.35 bits per heavy atom. The van der Waals surface area contributed by atoms with Gasteiger partial charge < -0.3 is 10.2 Å². The summed E-state index contributed by atoms with van der Waals surface area (Å²) in [4.78, 5) is 14.2. The monoisotopic (exact) mass is 326 g/mol. The number of carbonyl (C=O) groups is 1. The van der Waals surface area contributed by atoms with Crippen LogP contribution in [0.4, 0.5) is 13.2 Å². The molecule has 2 saturated heterocycles. The van der Waals surface area contributed by atoms with Crippen molar-refractivity contribution < 1.29 is 18.0 Å². The van der Waals surface area contributed by atoms with Gasteiger partial charge in [-0.1, -0.05) is 18.2 Å². The molecule has 0 unspecified atom stereocenters. The van der Waals surface area contributed by atoms with Crippen molar-refractivity contribution in [1.82, 2.24) is 10.2 Å². The van der Waals surface area contributed by atoms with Crippen LogP contribution in [0.3, 0.4) is 0 Å². The molecule has 1 aromatic rings. The minimum absolute atomic E-state index is 0.0658. The van der Waals surface area contributed by atoms with Gasteiger partial charge in [-0.2, -0.15) is 13.2 Å². The largest absolute Gasteiger partial charge is 0.416 e. The zero-order valence-electron chi connectivity index (χ0n) is 12.9. The van der Waals surface area contributed by atoms with Crippen LogP contribution in [0, 0.1) is 11.8 Å². The van der Waals surface area contributed by atoms with E-state index in [1.807, 2.05) is 0 Å². The summed E-state index contributed by atoms with van der Waals surface area (Å²) in [5.74, 6) is 0.986. The van der Waals surface area contributed by atoms with Crippen molar-refractivity contribution in [2.24, 2.45) is 11.8 Å². The summed E-state index contributed by atoms with van der Waals surface area (Å²) >= 11 is 0. The van der Waals surface area contributed by atoms with Crippen molar-refractivity contribution in [3.63, 3.8) is 0 Å². The first-order valence-corrected chi connectivity index (χ1v) is 8.09. The van der Waals surface area contributed by atoms with E-state index >= 15 is 0 Å². The smallest absolute Gasteiger partial charge is 0.342 e. The number of benzene rings is 1. The zero-order valence-corrected chi connectivity index (χ0v) is 12.9. The van der Waals surface area contributed by atoms with Gasteiger partial charge in [0.15, 0.2) is 0 Å². The molecule has 23 heavy (non-hydrogen) atoms. The molecule has 0 radical (unpaired) electrons. The van der Waals surface area contributed by atoms with Crippen molar-refractivity contribution in [1.29, 1.82) is 0 Å². The van der Waals surface area contributed by atoms with Crippen molar-refractivity contribution >= 4 is 5.91 Å². The van der Waals surface area contributed by atoms with E-state index in [-0.39, 0.29) is 17.9 Å². The van der Waals surface area contributed by atoms with E-state index < -0.39 is 11.7 Å². The van der Waals surface area contributed by atoms with Gasteiger partial charge in [0, 0.05) is 13.1 Å². The number of halogens is 3. The van der Waals surface area contributed by atoms with E-state index in [1.165, 1.54) is 12.1 Å². The quantitative estimate of drug-likeness (QED) is 0.906. The van der Waals surface area contributed by atoms with Gasteiger partial charge in [-0.05, 0) is 49.4 Å². The normalized spacial score (nSPS) is 25.1. The Kier molecular flexibility index (Phi) is 4.62. The summed E-state index contributed by atoms with van der Waals surface area (Å²) in [6.45, 7) is 3.28. The fourth-order valence-electron chi connectivity index (χ4n) is 3.69. The van der Waals surface area contributed by atoms with Gasteiger partial charge in [0.1, 0.15) is 0 Å². The molecule has 2 aliphatic rings. The second kappa shape index (κ2) is 6.51. The SMILES string of the molecule is O=C(Cc1ccccc1C(F)(F)F)N1CC[C@@H]2CNC[C@@H]2CC1. The maximum Gasteiger partial charge on any atom is 0.416 e. The summed E-state index contributed by atoms with van der Waals surface area (Å²) in [5.41, 5.74) is -0.639. The van der Waals surface area contributed by atoms with Crippen molar-refractivity contribution in [3.05, 3.63) is 35.4 Å². The first kappa shape index (κ1) is 16.3. The first-order chi connectivity index (χ1) is 10.9. The van der Waals surface area contributed by atoms with Crippen molar-refractivity contribution in [2.45, 2.75) is 25.4 Å². The lowest BCUT2D eigenvalue weighted by Crippen LogP contribution is -2.34. The summed E-state index contributed by atoms with van der Waals surface area (Å²) in [6.07, 6.45) is -2.73. The third-order valence-electron chi connectivity index (χ3n) is 5.04. The second-order valence-electron chi connectivity index (χ2n) is 6.47. The Morgan fingerprint density at radius 2 is 1.74 bits per heavy atom. The third-order valence-corrected chi connectivity index (χ3v) is 5.04. The highest BCUT2D eigenvalue weighted by Crippen LogP contribution is 2.32. The maximum absolute atomic E-state index is 13.0. The van der Waals surface area contributed by atoms with Gasteiger partial charge in [-0.25, -0.2) is 0 Å². The molecule has 0 aliphatic carbocycles. The Morgan fingerprint density at radius 1 is 1.13 bits per heavy atom. The minimum atomic E-state index is -4.42. The Bertz CT molecular complexity index is 559. The molecule has 2 aliphatic heterocycles. The van der Waals surface area contributed by atoms with Crippen LogP contribution in [0.1, 0.15) is 24.0 Å². The van der Waals surface area contributed by atoms with Crippen molar-refractivity contribution in [2.75, 3.05) is 26.2 Å². The molecule has 0 saturated carbocycles. The van der Waals surface area contributed by atoms with Gasteiger partial charge in [0.25, 0.3) is 0 Å². The highest BCUT2D eigenvalue weighted by Gasteiger charge is 2.35. The van der Waals surface area contributed by atoms with E-state index in [4.69, 9.17) is 0 Å². The van der Waals surface area contributed by atoms with E-state index in [0.717, 1.165) is 32.0 Å². The number of carbonyl (C=O) groups excluding carboxylic acids is 1. The summed E-state index contributed by atoms with van der Waals surface area (Å²) in [6, 6.07) is 5.35. The Labute approximate surface area is 133 Å². The number of hydrogen-bond donors (Lipinski definition) is 1. The number of nitrogens with one attached hydrogen (secondary N) is 1. The number of alkyl halides is 3. The number of hydrogen-bond acceptors (Lipinski definition) is 2. The number of likely N-dealkylation sites (tertiary alicyclic amines) is 1. The molecule has 1 aromatic carbocycles. The summed E-state index contributed by atoms with van der Waals surface area (Å²) < 4.78 is 39.1. The van der Waals surface area contributed by atoms with E-state index in [2.05, 4.69) is 5.32 Å². The number of rotatable bonds is 2. The molecule has 0 aromatic heterocycles. The Hall–Kier alpha value is -1.56. The number of amides is 1. The number of nitrogens with zero attached hydrogens (tertiary/aromatic N) is 1. The summed E-state index contributed by atoms with van der Waals surface area (Å²) in [5, 5.41) is 3.37. The lowest BCUT2D eigenvalue weighted by Gasteiger charge is -2.22. The van der Waals surface area contributed by atoms with Crippen LogP contribution < -0.4 is 5.32 Å². The van der Waals surface area contributed by atoms with E-state index in [9.17, 15) is 18.0 Å². The molecule has 2 fully saturated rings. The molecule has 6 heteroatoms. The lowest BCUT2D eigenvalue weighted by atomic mass is 9.92. The average molecular weight is 326 g/mol. The molecule has 0 spiro atoms. The molecule has 3 rings (SSSR count). The van der Waals surface area contributed by atoms with Crippen LogP contribution >= 0.6 is 0 Å². The van der Waals surface area contributed by atoms with Crippen LogP contribution in [-0.2, 0) is 17.4 Å². The molecule has 2 heterocycles. The van der Waals surface area contributed by atoms with Crippen LogP contribution in [0.5, 0.6) is 0 Å². The van der Waals surface area contributed by atoms with Crippen LogP contribution in [0.2, 0.25) is 0 Å². The molecule has 0 bridgehead atoms. The molecule has 126 valence electrons. The predicted octanol–water partition coefficient (Wildman–Crippen LogP) is 2.71. The van der Waals surface area contributed by atoms with Gasteiger partial charge in [0.2, 0.25) is 5.91 Å². The van der Waals surface area contributed by atoms with Crippen LogP contribution in [0.15, 0.2) is 24.3 Å². The maximum atomic E-state index is 13.0. The van der Waals surface area contributed by atoms with Crippen LogP contribution in [0.25, 0.3) is 0 Å². The molecular formula is C17H21F3N2O. The van der Waals surface area contributed by atoms with Gasteiger partial charge in [-0.15, -0.1) is 0 Å². The highest BCUT2D eigenvalue weighted by atomic mass is 19.4. The fourth-order valence-corrected chi connectivity index (χ4v) is 3.69. The zero-order chi connectivity index (χ0) is 16.4. The Balaban J connectivity index is 1.68. The second-order valence-corrected chi connectivity index (χ2v) is 6.47. The van der Waals surface area contributed by atoms with Gasteiger partial charge in [0.05, 0.1) is 12.0 Å². The standard InChI is InChI=1S/C17H21F3N2O/c18-17(19,20)15-4-2-1-3-12(15)9-16(23)22-7-5-13-10-21-11-14(13)6-8-22/h1-4,13-14,21H,5-11H2/t13-,14+. The van der Waals surface area contributed by atoms with E-state index in [1.54, 1.807) is 11.0 Å². The molecule has 1 N–H and O–H groups in total. The van der Waals surface area contributed by atoms with Gasteiger partial charge in [-0.3, -0.25) is 4.79 Å². The predicted molar refractivity (Wildman–Crippen MR) is 80.8 cm³/mol. The van der Waals surface area contributed by atoms with Crippen molar-refractivity contribution in [3.8, 4) is 0 Å². The minimum Gasteiger partial charge on any atom is -0.342 e. The highest BCUT2D eigenvalue weighted by molar-refractivity contribution is 5.79. The first-order valence-electron chi connectivity index (χ1n) is 8.09. The molecule has 3 nitrogen and oxygen atoms in total. The fraction of sp³-hybridized carbons (Fsp3) is 0.588. The molecular weight excluding hydrogens is 305 g/mol. The van der Waals surface area contributed by atoms with Crippen LogP contribution in [-0.4, -0.2) is 37.0 Å². The average Bonchev–Trinajstić information content (AvgIpc) is 2.85. The molecule has 1 amide bonds.